The number of carboxylic acid groups (broad SMARTS) is 3. The van der Waals surface area contributed by atoms with Gasteiger partial charge in [0.1, 0.15) is 5.78 Å². The van der Waals surface area contributed by atoms with Crippen molar-refractivity contribution in [1.29, 1.82) is 0 Å². The van der Waals surface area contributed by atoms with Crippen molar-refractivity contribution in [2.75, 3.05) is 57.7 Å². The van der Waals surface area contributed by atoms with Crippen LogP contribution in [0.15, 0.2) is 61.1 Å². The zero-order valence-electron chi connectivity index (χ0n) is 41.2. The molecule has 1 saturated heterocycles. The third-order valence-corrected chi connectivity index (χ3v) is 13.0. The molecule has 7 N–H and O–H groups in total. The largest absolute Gasteiger partial charge is 0.480 e. The molecule has 2 aromatic carbocycles. The number of anilines is 1. The minimum atomic E-state index is -1.03. The second kappa shape index (κ2) is 28.7. The fraction of sp³-hybridized carbons (Fsp3) is 0.549. The van der Waals surface area contributed by atoms with Gasteiger partial charge in [0.05, 0.1) is 42.9 Å². The van der Waals surface area contributed by atoms with Gasteiger partial charge in [0.2, 0.25) is 11.8 Å². The zero-order valence-corrected chi connectivity index (χ0v) is 42.0. The van der Waals surface area contributed by atoms with Crippen LogP contribution in [0.3, 0.4) is 0 Å². The first-order valence-corrected chi connectivity index (χ1v) is 24.6. The number of H-pyrrole nitrogens is 1. The summed E-state index contributed by atoms with van der Waals surface area (Å²) in [5.41, 5.74) is 4.36. The van der Waals surface area contributed by atoms with E-state index in [-0.39, 0.29) is 86.7 Å². The van der Waals surface area contributed by atoms with Crippen LogP contribution in [0.5, 0.6) is 0 Å². The zero-order chi connectivity index (χ0) is 51.3. The molecule has 2 unspecified atom stereocenters. The van der Waals surface area contributed by atoms with Crippen LogP contribution in [-0.4, -0.2) is 151 Å². The molecule has 0 bridgehead atoms. The number of nitrogens with one attached hydrogen (secondary N) is 4. The second-order valence-corrected chi connectivity index (χ2v) is 19.5. The van der Waals surface area contributed by atoms with Gasteiger partial charge in [-0.3, -0.25) is 43.5 Å². The number of carbonyl (C=O) groups excluding carboxylic acids is 4. The first kappa shape index (κ1) is 56.7. The number of carboxylic acids is 3. The predicted octanol–water partition coefficient (Wildman–Crippen LogP) is 4.47. The van der Waals surface area contributed by atoms with E-state index in [9.17, 15) is 48.9 Å². The Labute approximate surface area is 416 Å². The number of Topliss-reactive ketones (excluding diaryl/α,β-unsaturated/α-hetero) is 2. The van der Waals surface area contributed by atoms with Gasteiger partial charge in [0, 0.05) is 94.5 Å². The van der Waals surface area contributed by atoms with Gasteiger partial charge in [-0.1, -0.05) is 82.7 Å². The number of nitrogens with zero attached hydrogens (tertiary/aromatic N) is 4. The van der Waals surface area contributed by atoms with E-state index in [1.807, 2.05) is 76.2 Å². The van der Waals surface area contributed by atoms with Gasteiger partial charge in [0.25, 0.3) is 0 Å². The van der Waals surface area contributed by atoms with E-state index in [0.717, 1.165) is 22.4 Å². The molecule has 2 amide bonds. The number of ketones is 2. The van der Waals surface area contributed by atoms with Crippen LogP contribution in [0.4, 0.5) is 5.69 Å². The van der Waals surface area contributed by atoms with Gasteiger partial charge >= 0.3 is 17.9 Å². The maximum Gasteiger partial charge on any atom is 0.317 e. The summed E-state index contributed by atoms with van der Waals surface area (Å²) in [5.74, 6) is -5.35. The Balaban J connectivity index is 1.30. The number of aryl methyl sites for hydroxylation is 1. The van der Waals surface area contributed by atoms with E-state index in [0.29, 0.717) is 75.5 Å². The number of carbonyl (C=O) groups is 7. The molecule has 0 radical (unpaired) electrons. The standard InChI is InChI=1S/C51H72N8O10S/c1-6-34(4)49(56-51(69)40(22-35(5)60)24-42-27-52-32-54-42)44(61)25-39(21-33(2)3)50(68)53-26-38-9-7-36(8-10-38)13-16-45(70)55-41-14-11-37(12-15-41)23-43-28-58(30-47(64)65)18-17-57(29-46(62)63)19-20-59(43)31-48(66)67/h7-12,14-15,27,32-34,39-40,43,49H,6,13,16-26,28-31H2,1-5H3,(H,52,54)(H,53,68)(H,55,70)(H,56,69)(H,62,63)(H,64,65)(H,66,67)/t34?,39-,40+,43?,49+/m1/s1. The molecule has 3 aromatic rings. The van der Waals surface area contributed by atoms with Crippen LogP contribution in [0.2, 0.25) is 0 Å². The summed E-state index contributed by atoms with van der Waals surface area (Å²) in [5, 5.41) is 38.0. The summed E-state index contributed by atoms with van der Waals surface area (Å²) >= 11 is 5.69. The number of amides is 2. The van der Waals surface area contributed by atoms with Crippen LogP contribution >= 0.6 is 12.2 Å². The average Bonchev–Trinajstić information content (AvgIpc) is 3.83. The molecule has 1 fully saturated rings. The van der Waals surface area contributed by atoms with E-state index in [1.54, 1.807) is 20.9 Å². The van der Waals surface area contributed by atoms with Crippen LogP contribution in [0.25, 0.3) is 0 Å². The van der Waals surface area contributed by atoms with E-state index in [1.165, 1.54) is 13.3 Å². The maximum atomic E-state index is 13.9. The Hall–Kier alpha value is -5.89. The summed E-state index contributed by atoms with van der Waals surface area (Å²) < 4.78 is 0. The highest BCUT2D eigenvalue weighted by Gasteiger charge is 2.33. The number of rotatable bonds is 28. The third kappa shape index (κ3) is 20.2. The first-order chi connectivity index (χ1) is 33.3. The lowest BCUT2D eigenvalue weighted by atomic mass is 9.85. The molecule has 0 spiro atoms. The highest BCUT2D eigenvalue weighted by molar-refractivity contribution is 7.80. The second-order valence-electron chi connectivity index (χ2n) is 19.1. The van der Waals surface area contributed by atoms with Crippen LogP contribution in [-0.2, 0) is 59.4 Å². The maximum absolute atomic E-state index is 13.9. The van der Waals surface area contributed by atoms with Gasteiger partial charge in [0.15, 0.2) is 5.78 Å². The Morgan fingerprint density at radius 2 is 1.40 bits per heavy atom. The van der Waals surface area contributed by atoms with Gasteiger partial charge < -0.3 is 41.0 Å². The van der Waals surface area contributed by atoms with Crippen molar-refractivity contribution in [2.24, 2.45) is 23.7 Å². The lowest BCUT2D eigenvalue weighted by Crippen LogP contribution is -2.49. The summed E-state index contributed by atoms with van der Waals surface area (Å²) in [6, 6.07) is 14.4. The number of benzene rings is 2. The topological polar surface area (TPSA) is 255 Å². The first-order valence-electron chi connectivity index (χ1n) is 24.2. The molecule has 5 atom stereocenters. The van der Waals surface area contributed by atoms with Crippen LogP contribution in [0.1, 0.15) is 89.1 Å². The number of imidazole rings is 1. The summed E-state index contributed by atoms with van der Waals surface area (Å²) in [7, 11) is 0. The molecule has 4 rings (SSSR count). The van der Waals surface area contributed by atoms with Crippen molar-refractivity contribution in [3.05, 3.63) is 83.4 Å². The van der Waals surface area contributed by atoms with Crippen LogP contribution < -0.4 is 16.0 Å². The van der Waals surface area contributed by atoms with Crippen molar-refractivity contribution in [2.45, 2.75) is 105 Å². The number of hydrogen-bond acceptors (Lipinski definition) is 12. The highest BCUT2D eigenvalue weighted by Crippen LogP contribution is 2.23. The quantitative estimate of drug-likeness (QED) is 0.0496. The van der Waals surface area contributed by atoms with E-state index in [2.05, 4.69) is 25.9 Å². The molecule has 1 aromatic heterocycles. The number of hydrogen-bond donors (Lipinski definition) is 7. The average molecular weight is 989 g/mol. The smallest absolute Gasteiger partial charge is 0.317 e. The number of aromatic nitrogens is 2. The fourth-order valence-electron chi connectivity index (χ4n) is 8.78. The van der Waals surface area contributed by atoms with Gasteiger partial charge in [-0.2, -0.15) is 0 Å². The highest BCUT2D eigenvalue weighted by atomic mass is 32.1. The fourth-order valence-corrected chi connectivity index (χ4v) is 9.00. The molecular weight excluding hydrogens is 917 g/mol. The number of aromatic amines is 1. The molecule has 18 nitrogen and oxygen atoms in total. The van der Waals surface area contributed by atoms with Crippen molar-refractivity contribution in [3.8, 4) is 0 Å². The Morgan fingerprint density at radius 3 is 2.00 bits per heavy atom. The molecular formula is C51H72N8O10S. The van der Waals surface area contributed by atoms with Crippen LogP contribution in [0, 0.1) is 23.7 Å². The minimum absolute atomic E-state index is 0.0256. The SMILES string of the molecule is CCC(C)[C@H](NC(=O)[C@@H](CC(C)=O)Cc1cnc[nH]1)C(=O)C[C@@H](CC(C)C)C(=O)NCc1ccc(CCC(=S)Nc2ccc(CC3CN(CC(=O)O)CCN(CC(=O)O)CCN3CC(=O)O)cc2)cc1. The van der Waals surface area contributed by atoms with Gasteiger partial charge in [-0.15, -0.1) is 0 Å². The normalized spacial score (nSPS) is 16.7. The summed E-state index contributed by atoms with van der Waals surface area (Å²) in [6.07, 6.45) is 6.20. The monoisotopic (exact) mass is 989 g/mol. The summed E-state index contributed by atoms with van der Waals surface area (Å²) in [6.45, 7) is 10.4. The Bertz CT molecular complexity index is 2210. The van der Waals surface area contributed by atoms with Crippen molar-refractivity contribution < 1.29 is 48.9 Å². The Morgan fingerprint density at radius 1 is 0.786 bits per heavy atom. The number of aliphatic carboxylic acids is 3. The summed E-state index contributed by atoms with van der Waals surface area (Å²) in [4.78, 5) is 101. The molecule has 70 heavy (non-hydrogen) atoms. The molecule has 0 aliphatic carbocycles. The van der Waals surface area contributed by atoms with Crippen molar-refractivity contribution in [1.82, 2.24) is 35.3 Å². The molecule has 2 heterocycles. The minimum Gasteiger partial charge on any atom is -0.480 e. The molecule has 1 aliphatic heterocycles. The van der Waals surface area contributed by atoms with E-state index in [4.69, 9.17) is 12.2 Å². The molecule has 19 heteroatoms. The molecule has 1 aliphatic rings. The van der Waals surface area contributed by atoms with Gasteiger partial charge in [-0.25, -0.2) is 4.98 Å². The molecule has 382 valence electrons. The third-order valence-electron chi connectivity index (χ3n) is 12.7. The number of thiocarbonyl (C=S) groups is 1. The van der Waals surface area contributed by atoms with Gasteiger partial charge in [-0.05, 0) is 66.8 Å². The lowest BCUT2D eigenvalue weighted by molar-refractivity contribution is -0.140. The van der Waals surface area contributed by atoms with E-state index >= 15 is 0 Å². The Kier molecular flexibility index (Phi) is 23.2. The van der Waals surface area contributed by atoms with Crippen molar-refractivity contribution >= 4 is 64.2 Å². The van der Waals surface area contributed by atoms with Crippen molar-refractivity contribution in [3.63, 3.8) is 0 Å². The molecule has 0 saturated carbocycles. The lowest BCUT2D eigenvalue weighted by Gasteiger charge is -2.33. The van der Waals surface area contributed by atoms with E-state index < -0.39 is 35.8 Å². The predicted molar refractivity (Wildman–Crippen MR) is 269 cm³/mol.